The van der Waals surface area contributed by atoms with Gasteiger partial charge in [-0.1, -0.05) is 39.0 Å². The third-order valence-corrected chi connectivity index (χ3v) is 1.85. The molecule has 0 radical (unpaired) electrons. The minimum absolute atomic E-state index is 0.0895. The molecular weight excluding hydrogens is 140 g/mol. The van der Waals surface area contributed by atoms with Crippen LogP contribution in [-0.4, -0.2) is 22.9 Å². The van der Waals surface area contributed by atoms with Crippen LogP contribution in [-0.2, 0) is 0 Å². The molecule has 0 spiro atoms. The second kappa shape index (κ2) is 8.02. The first-order chi connectivity index (χ1) is 5.31. The summed E-state index contributed by atoms with van der Waals surface area (Å²) < 4.78 is 0. The van der Waals surface area contributed by atoms with Crippen molar-refractivity contribution in [3.63, 3.8) is 0 Å². The monoisotopic (exact) mass is 160 g/mol. The zero-order valence-electron chi connectivity index (χ0n) is 7.42. The van der Waals surface area contributed by atoms with E-state index in [4.69, 9.17) is 10.2 Å². The van der Waals surface area contributed by atoms with Crippen molar-refractivity contribution in [2.75, 3.05) is 6.61 Å². The molecule has 0 aliphatic carbocycles. The lowest BCUT2D eigenvalue weighted by molar-refractivity contribution is 0.0860. The van der Waals surface area contributed by atoms with E-state index >= 15 is 0 Å². The maximum Gasteiger partial charge on any atom is 0.0770 e. The number of hydrogen-bond donors (Lipinski definition) is 2. The fourth-order valence-electron chi connectivity index (χ4n) is 1.07. The van der Waals surface area contributed by atoms with Crippen LogP contribution in [0.2, 0.25) is 0 Å². The van der Waals surface area contributed by atoms with Crippen LogP contribution in [0.5, 0.6) is 0 Å². The first kappa shape index (κ1) is 10.9. The molecular formula is C9H20O2. The number of aliphatic hydroxyl groups is 2. The van der Waals surface area contributed by atoms with Crippen LogP contribution in [0.15, 0.2) is 0 Å². The van der Waals surface area contributed by atoms with Crippen molar-refractivity contribution >= 4 is 0 Å². The van der Waals surface area contributed by atoms with Gasteiger partial charge in [0.05, 0.1) is 12.7 Å². The summed E-state index contributed by atoms with van der Waals surface area (Å²) in [5, 5.41) is 17.5. The molecule has 0 saturated carbocycles. The normalized spacial score (nSPS) is 13.4. The minimum Gasteiger partial charge on any atom is -0.394 e. The van der Waals surface area contributed by atoms with Gasteiger partial charge in [-0.3, -0.25) is 0 Å². The third kappa shape index (κ3) is 7.82. The van der Waals surface area contributed by atoms with E-state index in [2.05, 4.69) is 6.92 Å². The molecule has 0 rings (SSSR count). The average molecular weight is 160 g/mol. The molecule has 0 aromatic heterocycles. The molecule has 2 nitrogen and oxygen atoms in total. The fourth-order valence-corrected chi connectivity index (χ4v) is 1.07. The van der Waals surface area contributed by atoms with Crippen LogP contribution < -0.4 is 0 Å². The van der Waals surface area contributed by atoms with Gasteiger partial charge in [0.25, 0.3) is 0 Å². The summed E-state index contributed by atoms with van der Waals surface area (Å²) >= 11 is 0. The molecule has 0 aromatic rings. The van der Waals surface area contributed by atoms with E-state index < -0.39 is 6.10 Å². The van der Waals surface area contributed by atoms with Gasteiger partial charge in [0.15, 0.2) is 0 Å². The van der Waals surface area contributed by atoms with E-state index in [0.717, 1.165) is 12.8 Å². The molecule has 0 amide bonds. The molecule has 0 unspecified atom stereocenters. The summed E-state index contributed by atoms with van der Waals surface area (Å²) in [5.41, 5.74) is 0. The van der Waals surface area contributed by atoms with Gasteiger partial charge in [-0.05, 0) is 6.42 Å². The second-order valence-corrected chi connectivity index (χ2v) is 3.04. The lowest BCUT2D eigenvalue weighted by Gasteiger charge is -2.05. The Kier molecular flexibility index (Phi) is 7.96. The predicted octanol–water partition coefficient (Wildman–Crippen LogP) is 1.70. The summed E-state index contributed by atoms with van der Waals surface area (Å²) in [6.07, 6.45) is 6.29. The van der Waals surface area contributed by atoms with Gasteiger partial charge in [0, 0.05) is 0 Å². The van der Waals surface area contributed by atoms with E-state index in [9.17, 15) is 0 Å². The molecule has 2 heteroatoms. The van der Waals surface area contributed by atoms with Gasteiger partial charge in [-0.2, -0.15) is 0 Å². The van der Waals surface area contributed by atoms with Crippen molar-refractivity contribution in [1.29, 1.82) is 0 Å². The molecule has 68 valence electrons. The maximum atomic E-state index is 8.96. The molecule has 1 atom stereocenters. The number of rotatable bonds is 7. The number of unbranched alkanes of at least 4 members (excludes halogenated alkanes) is 4. The van der Waals surface area contributed by atoms with Crippen molar-refractivity contribution in [1.82, 2.24) is 0 Å². The first-order valence-corrected chi connectivity index (χ1v) is 4.60. The SMILES string of the molecule is CCCCCCC[C@@H](O)CO. The topological polar surface area (TPSA) is 40.5 Å². The Balaban J connectivity index is 2.89. The Morgan fingerprint density at radius 1 is 1.09 bits per heavy atom. The van der Waals surface area contributed by atoms with Crippen molar-refractivity contribution in [2.45, 2.75) is 51.6 Å². The van der Waals surface area contributed by atoms with Crippen LogP contribution in [0.4, 0.5) is 0 Å². The summed E-state index contributed by atoms with van der Waals surface area (Å²) in [6.45, 7) is 2.09. The van der Waals surface area contributed by atoms with Crippen molar-refractivity contribution < 1.29 is 10.2 Å². The predicted molar refractivity (Wildman–Crippen MR) is 46.5 cm³/mol. The highest BCUT2D eigenvalue weighted by Gasteiger charge is 1.99. The highest BCUT2D eigenvalue weighted by Crippen LogP contribution is 2.06. The number of hydrogen-bond acceptors (Lipinski definition) is 2. The van der Waals surface area contributed by atoms with Crippen molar-refractivity contribution in [3.05, 3.63) is 0 Å². The van der Waals surface area contributed by atoms with Crippen LogP contribution in [0.1, 0.15) is 45.4 Å². The van der Waals surface area contributed by atoms with Gasteiger partial charge in [0.2, 0.25) is 0 Å². The summed E-state index contributed by atoms with van der Waals surface area (Å²) in [6, 6.07) is 0. The first-order valence-electron chi connectivity index (χ1n) is 4.60. The highest BCUT2D eigenvalue weighted by molar-refractivity contribution is 4.52. The van der Waals surface area contributed by atoms with Crippen LogP contribution >= 0.6 is 0 Å². The summed E-state index contributed by atoms with van der Waals surface area (Å²) in [4.78, 5) is 0. The standard InChI is InChI=1S/C9H20O2/c1-2-3-4-5-6-7-9(11)8-10/h9-11H,2-8H2,1H3/t9-/m1/s1. The Hall–Kier alpha value is -0.0800. The quantitative estimate of drug-likeness (QED) is 0.556. The van der Waals surface area contributed by atoms with Gasteiger partial charge < -0.3 is 10.2 Å². The Morgan fingerprint density at radius 3 is 2.27 bits per heavy atom. The molecule has 0 aromatic carbocycles. The summed E-state index contributed by atoms with van der Waals surface area (Å²) in [7, 11) is 0. The smallest absolute Gasteiger partial charge is 0.0770 e. The maximum absolute atomic E-state index is 8.96. The Morgan fingerprint density at radius 2 is 1.73 bits per heavy atom. The lowest BCUT2D eigenvalue weighted by atomic mass is 10.1. The van der Waals surface area contributed by atoms with Crippen molar-refractivity contribution in [3.8, 4) is 0 Å². The number of aliphatic hydroxyl groups excluding tert-OH is 2. The Labute approximate surface area is 69.2 Å². The van der Waals surface area contributed by atoms with Crippen LogP contribution in [0.25, 0.3) is 0 Å². The fraction of sp³-hybridized carbons (Fsp3) is 1.00. The average Bonchev–Trinajstić information content (AvgIpc) is 2.04. The molecule has 0 aliphatic rings. The van der Waals surface area contributed by atoms with E-state index in [0.29, 0.717) is 0 Å². The van der Waals surface area contributed by atoms with Gasteiger partial charge in [0.1, 0.15) is 0 Å². The zero-order valence-corrected chi connectivity index (χ0v) is 7.42. The van der Waals surface area contributed by atoms with Crippen LogP contribution in [0.3, 0.4) is 0 Å². The molecule has 0 saturated heterocycles. The van der Waals surface area contributed by atoms with Gasteiger partial charge in [-0.25, -0.2) is 0 Å². The van der Waals surface area contributed by atoms with Gasteiger partial charge in [-0.15, -0.1) is 0 Å². The van der Waals surface area contributed by atoms with E-state index in [1.54, 1.807) is 0 Å². The Bertz CT molecular complexity index is 74.0. The van der Waals surface area contributed by atoms with E-state index in [1.807, 2.05) is 0 Å². The molecule has 0 fully saturated rings. The van der Waals surface area contributed by atoms with E-state index in [1.165, 1.54) is 25.7 Å². The van der Waals surface area contributed by atoms with E-state index in [-0.39, 0.29) is 6.61 Å². The lowest BCUT2D eigenvalue weighted by Crippen LogP contribution is -2.10. The van der Waals surface area contributed by atoms with Crippen LogP contribution in [0, 0.1) is 0 Å². The largest absolute Gasteiger partial charge is 0.394 e. The molecule has 0 aliphatic heterocycles. The minimum atomic E-state index is -0.489. The summed E-state index contributed by atoms with van der Waals surface area (Å²) in [5.74, 6) is 0. The second-order valence-electron chi connectivity index (χ2n) is 3.04. The highest BCUT2D eigenvalue weighted by atomic mass is 16.3. The molecule has 11 heavy (non-hydrogen) atoms. The van der Waals surface area contributed by atoms with Gasteiger partial charge >= 0.3 is 0 Å². The third-order valence-electron chi connectivity index (χ3n) is 1.85. The van der Waals surface area contributed by atoms with Crippen molar-refractivity contribution in [2.24, 2.45) is 0 Å². The zero-order chi connectivity index (χ0) is 8.53. The molecule has 0 bridgehead atoms. The molecule has 2 N–H and O–H groups in total. The molecule has 0 heterocycles.